The molecule has 5 nitrogen and oxygen atoms in total. The highest BCUT2D eigenvalue weighted by Crippen LogP contribution is 2.32. The average molecular weight is 416 g/mol. The maximum Gasteiger partial charge on any atom is 0.324 e. The van der Waals surface area contributed by atoms with Gasteiger partial charge in [-0.3, -0.25) is 4.79 Å². The Kier molecular flexibility index (Phi) is 7.09. The first-order valence-electron chi connectivity index (χ1n) is 10.3. The van der Waals surface area contributed by atoms with E-state index in [9.17, 15) is 13.2 Å². The van der Waals surface area contributed by atoms with Gasteiger partial charge in [-0.15, -0.1) is 0 Å². The average Bonchev–Trinajstić information content (AvgIpc) is 2.71. The minimum absolute atomic E-state index is 0.153. The van der Waals surface area contributed by atoms with E-state index in [0.717, 1.165) is 43.2 Å². The van der Waals surface area contributed by atoms with E-state index in [1.807, 2.05) is 32.0 Å². The van der Waals surface area contributed by atoms with Crippen molar-refractivity contribution in [3.8, 4) is 0 Å². The molecule has 1 N–H and O–H groups in total. The van der Waals surface area contributed by atoms with Gasteiger partial charge in [-0.1, -0.05) is 61.7 Å². The fraction of sp³-hybridized carbons (Fsp3) is 0.435. The number of sulfonamides is 1. The van der Waals surface area contributed by atoms with E-state index >= 15 is 0 Å². The number of ether oxygens (including phenoxy) is 1. The number of benzene rings is 2. The van der Waals surface area contributed by atoms with Crippen LogP contribution in [-0.2, 0) is 26.0 Å². The predicted octanol–water partition coefficient (Wildman–Crippen LogP) is 4.45. The first-order chi connectivity index (χ1) is 13.9. The standard InChI is InChI=1S/C23H29NO4S/c1-3-4-11-21(24-29(26,27)19-15-13-17(2)14-16-19)23(25)28-22-12-7-9-18-8-5-6-10-20(18)22/h5-6,8,10,13-16,21-22,24H,3-4,7,9,11-12H2,1-2H3. The zero-order valence-corrected chi connectivity index (χ0v) is 17.9. The molecule has 0 aromatic heterocycles. The van der Waals surface area contributed by atoms with Gasteiger partial charge in [-0.2, -0.15) is 4.72 Å². The van der Waals surface area contributed by atoms with E-state index in [2.05, 4.69) is 10.8 Å². The fourth-order valence-corrected chi connectivity index (χ4v) is 4.88. The number of fused-ring (bicyclic) bond motifs is 1. The van der Waals surface area contributed by atoms with Crippen LogP contribution >= 0.6 is 0 Å². The van der Waals surface area contributed by atoms with Crippen LogP contribution in [0.15, 0.2) is 53.4 Å². The zero-order chi connectivity index (χ0) is 20.9. The second-order valence-electron chi connectivity index (χ2n) is 7.65. The summed E-state index contributed by atoms with van der Waals surface area (Å²) < 4.78 is 34.0. The summed E-state index contributed by atoms with van der Waals surface area (Å²) in [6.07, 6.45) is 4.37. The van der Waals surface area contributed by atoms with Gasteiger partial charge < -0.3 is 4.74 Å². The molecule has 0 spiro atoms. The van der Waals surface area contributed by atoms with Crippen molar-refractivity contribution in [3.05, 3.63) is 65.2 Å². The molecule has 0 fully saturated rings. The molecular weight excluding hydrogens is 386 g/mol. The lowest BCUT2D eigenvalue weighted by molar-refractivity contribution is -0.152. The van der Waals surface area contributed by atoms with Crippen molar-refractivity contribution in [2.75, 3.05) is 0 Å². The van der Waals surface area contributed by atoms with Crippen LogP contribution in [0.1, 0.15) is 61.8 Å². The Morgan fingerprint density at radius 2 is 1.90 bits per heavy atom. The summed E-state index contributed by atoms with van der Waals surface area (Å²) in [4.78, 5) is 13.1. The van der Waals surface area contributed by atoms with Crippen LogP contribution in [0.2, 0.25) is 0 Å². The maximum atomic E-state index is 12.9. The molecule has 0 bridgehead atoms. The van der Waals surface area contributed by atoms with Crippen molar-refractivity contribution in [1.29, 1.82) is 0 Å². The lowest BCUT2D eigenvalue weighted by Gasteiger charge is -2.27. The van der Waals surface area contributed by atoms with Gasteiger partial charge in [0.05, 0.1) is 4.90 Å². The summed E-state index contributed by atoms with van der Waals surface area (Å²) >= 11 is 0. The first-order valence-corrected chi connectivity index (χ1v) is 11.8. The number of aryl methyl sites for hydroxylation is 2. The number of esters is 1. The molecule has 0 heterocycles. The molecule has 0 saturated carbocycles. The third-order valence-electron chi connectivity index (χ3n) is 5.33. The number of rotatable bonds is 8. The molecule has 2 atom stereocenters. The van der Waals surface area contributed by atoms with Crippen molar-refractivity contribution in [1.82, 2.24) is 4.72 Å². The molecule has 0 aliphatic heterocycles. The van der Waals surface area contributed by atoms with E-state index in [1.165, 1.54) is 5.56 Å². The van der Waals surface area contributed by atoms with E-state index in [4.69, 9.17) is 4.74 Å². The summed E-state index contributed by atoms with van der Waals surface area (Å²) in [5.74, 6) is -0.504. The lowest BCUT2D eigenvalue weighted by Crippen LogP contribution is -2.42. The summed E-state index contributed by atoms with van der Waals surface area (Å²) in [5.41, 5.74) is 3.20. The van der Waals surface area contributed by atoms with Gasteiger partial charge in [0.15, 0.2) is 0 Å². The Hall–Kier alpha value is -2.18. The van der Waals surface area contributed by atoms with E-state index in [-0.39, 0.29) is 11.0 Å². The van der Waals surface area contributed by atoms with Crippen molar-refractivity contribution in [3.63, 3.8) is 0 Å². The van der Waals surface area contributed by atoms with Crippen molar-refractivity contribution in [2.45, 2.75) is 69.4 Å². The van der Waals surface area contributed by atoms with Crippen molar-refractivity contribution in [2.24, 2.45) is 0 Å². The molecule has 0 radical (unpaired) electrons. The highest BCUT2D eigenvalue weighted by molar-refractivity contribution is 7.89. The summed E-state index contributed by atoms with van der Waals surface area (Å²) in [6.45, 7) is 3.90. The number of nitrogens with one attached hydrogen (secondary N) is 1. The second kappa shape index (κ2) is 9.55. The first kappa shape index (κ1) is 21.5. The number of hydrogen-bond acceptors (Lipinski definition) is 4. The third-order valence-corrected chi connectivity index (χ3v) is 6.82. The van der Waals surface area contributed by atoms with Gasteiger partial charge in [-0.25, -0.2) is 8.42 Å². The highest BCUT2D eigenvalue weighted by Gasteiger charge is 2.30. The molecule has 1 aliphatic carbocycles. The molecule has 156 valence electrons. The van der Waals surface area contributed by atoms with Crippen LogP contribution < -0.4 is 4.72 Å². The molecule has 0 amide bonds. The summed E-state index contributed by atoms with van der Waals surface area (Å²) in [7, 11) is -3.80. The zero-order valence-electron chi connectivity index (χ0n) is 17.1. The lowest BCUT2D eigenvalue weighted by atomic mass is 9.89. The van der Waals surface area contributed by atoms with Gasteiger partial charge >= 0.3 is 5.97 Å². The molecule has 29 heavy (non-hydrogen) atoms. The van der Waals surface area contributed by atoms with Crippen LogP contribution in [0.3, 0.4) is 0 Å². The Morgan fingerprint density at radius 1 is 1.17 bits per heavy atom. The largest absolute Gasteiger partial charge is 0.456 e. The Labute approximate surface area is 173 Å². The Morgan fingerprint density at radius 3 is 2.62 bits per heavy atom. The van der Waals surface area contributed by atoms with Gasteiger partial charge in [0.25, 0.3) is 0 Å². The van der Waals surface area contributed by atoms with Crippen LogP contribution in [0.5, 0.6) is 0 Å². The summed E-state index contributed by atoms with van der Waals surface area (Å²) in [5, 5.41) is 0. The van der Waals surface area contributed by atoms with Crippen LogP contribution in [0.4, 0.5) is 0 Å². The quantitative estimate of drug-likeness (QED) is 0.647. The minimum atomic E-state index is -3.80. The minimum Gasteiger partial charge on any atom is -0.456 e. The van der Waals surface area contributed by atoms with E-state index in [1.54, 1.807) is 24.3 Å². The molecule has 2 aromatic rings. The van der Waals surface area contributed by atoms with Crippen LogP contribution in [0.25, 0.3) is 0 Å². The number of carbonyl (C=O) groups is 1. The highest BCUT2D eigenvalue weighted by atomic mass is 32.2. The third kappa shape index (κ3) is 5.46. The van der Waals surface area contributed by atoms with Gasteiger partial charge in [-0.05, 0) is 55.9 Å². The fourth-order valence-electron chi connectivity index (χ4n) is 3.66. The van der Waals surface area contributed by atoms with Gasteiger partial charge in [0.2, 0.25) is 10.0 Å². The van der Waals surface area contributed by atoms with Gasteiger partial charge in [0, 0.05) is 0 Å². The predicted molar refractivity (Wildman–Crippen MR) is 113 cm³/mol. The Balaban J connectivity index is 1.76. The molecule has 1 aliphatic rings. The second-order valence-corrected chi connectivity index (χ2v) is 9.36. The summed E-state index contributed by atoms with van der Waals surface area (Å²) in [6, 6.07) is 13.7. The topological polar surface area (TPSA) is 72.5 Å². The molecular formula is C23H29NO4S. The molecule has 3 rings (SSSR count). The SMILES string of the molecule is CCCCC(NS(=O)(=O)c1ccc(C)cc1)C(=O)OC1CCCc2ccccc21. The monoisotopic (exact) mass is 415 g/mol. The number of unbranched alkanes of at least 4 members (excludes halogenated alkanes) is 1. The van der Waals surface area contributed by atoms with Gasteiger partial charge in [0.1, 0.15) is 12.1 Å². The van der Waals surface area contributed by atoms with Crippen LogP contribution in [-0.4, -0.2) is 20.4 Å². The maximum absolute atomic E-state index is 12.9. The molecule has 2 aromatic carbocycles. The van der Waals surface area contributed by atoms with Crippen molar-refractivity contribution >= 4 is 16.0 Å². The number of hydrogen-bond donors (Lipinski definition) is 1. The van der Waals surface area contributed by atoms with E-state index < -0.39 is 22.0 Å². The molecule has 0 saturated heterocycles. The smallest absolute Gasteiger partial charge is 0.324 e. The Bertz CT molecular complexity index is 938. The number of carbonyl (C=O) groups excluding carboxylic acids is 1. The normalized spacial score (nSPS) is 17.4. The van der Waals surface area contributed by atoms with E-state index in [0.29, 0.717) is 6.42 Å². The van der Waals surface area contributed by atoms with Crippen LogP contribution in [0, 0.1) is 6.92 Å². The molecule has 6 heteroatoms. The molecule has 2 unspecified atom stereocenters. The van der Waals surface area contributed by atoms with Crippen molar-refractivity contribution < 1.29 is 17.9 Å².